The van der Waals surface area contributed by atoms with Crippen molar-refractivity contribution in [3.05, 3.63) is 64.1 Å². The Bertz CT molecular complexity index is 681. The van der Waals surface area contributed by atoms with E-state index in [1.807, 2.05) is 42.5 Å². The summed E-state index contributed by atoms with van der Waals surface area (Å²) in [5.41, 5.74) is 1.65. The molecule has 2 aromatic rings. The first kappa shape index (κ1) is 15.5. The van der Waals surface area contributed by atoms with Gasteiger partial charge in [0.15, 0.2) is 0 Å². The standard InChI is InChI=1S/C16H14Cl2N2OS/c17-13-8-4-7-12(14(13)18)15-20(9-10-22-15)16(21)19-11-5-2-1-3-6-11/h1-8,15H,9-10H2,(H,19,21)/t15-/m0/s1. The Labute approximate surface area is 143 Å². The summed E-state index contributed by atoms with van der Waals surface area (Å²) in [4.78, 5) is 14.3. The molecule has 0 saturated carbocycles. The number of rotatable bonds is 2. The van der Waals surface area contributed by atoms with Crippen molar-refractivity contribution < 1.29 is 4.79 Å². The Kier molecular flexibility index (Phi) is 4.81. The summed E-state index contributed by atoms with van der Waals surface area (Å²) in [7, 11) is 0. The van der Waals surface area contributed by atoms with Gasteiger partial charge in [-0.05, 0) is 18.2 Å². The number of carbonyl (C=O) groups excluding carboxylic acids is 1. The van der Waals surface area contributed by atoms with Crippen molar-refractivity contribution in [3.63, 3.8) is 0 Å². The summed E-state index contributed by atoms with van der Waals surface area (Å²) >= 11 is 14.1. The first-order valence-corrected chi connectivity index (χ1v) is 8.65. The van der Waals surface area contributed by atoms with Gasteiger partial charge in [0, 0.05) is 23.5 Å². The summed E-state index contributed by atoms with van der Waals surface area (Å²) in [6.45, 7) is 0.677. The number of anilines is 1. The Morgan fingerprint density at radius 3 is 2.68 bits per heavy atom. The Balaban J connectivity index is 1.81. The van der Waals surface area contributed by atoms with Crippen LogP contribution < -0.4 is 5.32 Å². The molecule has 1 aliphatic heterocycles. The van der Waals surface area contributed by atoms with Crippen LogP contribution in [0.5, 0.6) is 0 Å². The third-order valence-corrected chi connectivity index (χ3v) is 5.50. The van der Waals surface area contributed by atoms with Crippen molar-refractivity contribution in [2.45, 2.75) is 5.37 Å². The molecular weight excluding hydrogens is 339 g/mol. The third-order valence-electron chi connectivity index (χ3n) is 3.42. The highest BCUT2D eigenvalue weighted by Gasteiger charge is 2.32. The van der Waals surface area contributed by atoms with E-state index in [0.29, 0.717) is 16.6 Å². The number of nitrogens with zero attached hydrogens (tertiary/aromatic N) is 1. The minimum Gasteiger partial charge on any atom is -0.308 e. The predicted octanol–water partition coefficient (Wildman–Crippen LogP) is 5.27. The number of carbonyl (C=O) groups is 1. The van der Waals surface area contributed by atoms with Crippen molar-refractivity contribution >= 4 is 46.7 Å². The molecule has 0 aromatic heterocycles. The smallest absolute Gasteiger partial charge is 0.308 e. The molecule has 22 heavy (non-hydrogen) atoms. The van der Waals surface area contributed by atoms with E-state index in [4.69, 9.17) is 23.2 Å². The fraction of sp³-hybridized carbons (Fsp3) is 0.188. The maximum atomic E-state index is 12.5. The van der Waals surface area contributed by atoms with Gasteiger partial charge < -0.3 is 10.2 Å². The Morgan fingerprint density at radius 2 is 1.91 bits per heavy atom. The first-order chi connectivity index (χ1) is 10.7. The molecule has 1 heterocycles. The summed E-state index contributed by atoms with van der Waals surface area (Å²) in [6, 6.07) is 14.8. The molecule has 1 saturated heterocycles. The highest BCUT2D eigenvalue weighted by molar-refractivity contribution is 7.99. The number of urea groups is 1. The van der Waals surface area contributed by atoms with E-state index in [0.717, 1.165) is 17.0 Å². The fourth-order valence-corrected chi connectivity index (χ4v) is 4.12. The average molecular weight is 353 g/mol. The van der Waals surface area contributed by atoms with Crippen LogP contribution in [0.15, 0.2) is 48.5 Å². The van der Waals surface area contributed by atoms with E-state index in [9.17, 15) is 4.79 Å². The third kappa shape index (κ3) is 3.19. The number of halogens is 2. The topological polar surface area (TPSA) is 32.3 Å². The Morgan fingerprint density at radius 1 is 1.14 bits per heavy atom. The van der Waals surface area contributed by atoms with Gasteiger partial charge in [0.05, 0.1) is 10.0 Å². The van der Waals surface area contributed by atoms with Crippen LogP contribution in [0.25, 0.3) is 0 Å². The summed E-state index contributed by atoms with van der Waals surface area (Å²) in [5.74, 6) is 0.871. The number of benzene rings is 2. The lowest BCUT2D eigenvalue weighted by atomic mass is 10.2. The van der Waals surface area contributed by atoms with E-state index in [-0.39, 0.29) is 11.4 Å². The van der Waals surface area contributed by atoms with Crippen molar-refractivity contribution in [1.82, 2.24) is 4.90 Å². The van der Waals surface area contributed by atoms with Gasteiger partial charge in [-0.3, -0.25) is 0 Å². The van der Waals surface area contributed by atoms with Crippen molar-refractivity contribution in [2.24, 2.45) is 0 Å². The monoisotopic (exact) mass is 352 g/mol. The number of amides is 2. The summed E-state index contributed by atoms with van der Waals surface area (Å²) < 4.78 is 0. The molecule has 3 nitrogen and oxygen atoms in total. The lowest BCUT2D eigenvalue weighted by Gasteiger charge is -2.25. The first-order valence-electron chi connectivity index (χ1n) is 6.85. The lowest BCUT2D eigenvalue weighted by molar-refractivity contribution is 0.214. The zero-order chi connectivity index (χ0) is 15.5. The fourth-order valence-electron chi connectivity index (χ4n) is 2.36. The number of para-hydroxylation sites is 1. The summed E-state index contributed by atoms with van der Waals surface area (Å²) in [6.07, 6.45) is 0. The van der Waals surface area contributed by atoms with Crippen LogP contribution in [0, 0.1) is 0 Å². The second kappa shape index (κ2) is 6.82. The van der Waals surface area contributed by atoms with Crippen molar-refractivity contribution in [3.8, 4) is 0 Å². The van der Waals surface area contributed by atoms with E-state index in [2.05, 4.69) is 5.32 Å². The normalized spacial score (nSPS) is 17.5. The molecule has 6 heteroatoms. The zero-order valence-corrected chi connectivity index (χ0v) is 14.0. The maximum absolute atomic E-state index is 12.5. The minimum atomic E-state index is -0.128. The molecule has 0 bridgehead atoms. The quantitative estimate of drug-likeness (QED) is 0.797. The van der Waals surface area contributed by atoms with Gasteiger partial charge in [0.25, 0.3) is 0 Å². The van der Waals surface area contributed by atoms with Crippen LogP contribution in [0.4, 0.5) is 10.5 Å². The van der Waals surface area contributed by atoms with Gasteiger partial charge >= 0.3 is 6.03 Å². The van der Waals surface area contributed by atoms with Crippen LogP contribution in [0.1, 0.15) is 10.9 Å². The second-order valence-electron chi connectivity index (χ2n) is 4.86. The van der Waals surface area contributed by atoms with Gasteiger partial charge in [-0.25, -0.2) is 4.79 Å². The Hall–Kier alpha value is -1.36. The molecule has 0 radical (unpaired) electrons. The van der Waals surface area contributed by atoms with Crippen molar-refractivity contribution in [1.29, 1.82) is 0 Å². The highest BCUT2D eigenvalue weighted by Crippen LogP contribution is 2.42. The molecule has 1 fully saturated rings. The molecule has 1 atom stereocenters. The van der Waals surface area contributed by atoms with Gasteiger partial charge in [-0.15, -0.1) is 11.8 Å². The maximum Gasteiger partial charge on any atom is 0.323 e. The van der Waals surface area contributed by atoms with E-state index < -0.39 is 0 Å². The van der Waals surface area contributed by atoms with Crippen LogP contribution >= 0.6 is 35.0 Å². The van der Waals surface area contributed by atoms with E-state index >= 15 is 0 Å². The van der Waals surface area contributed by atoms with Gasteiger partial charge in [0.2, 0.25) is 0 Å². The van der Waals surface area contributed by atoms with Crippen molar-refractivity contribution in [2.75, 3.05) is 17.6 Å². The second-order valence-corrected chi connectivity index (χ2v) is 6.83. The van der Waals surface area contributed by atoms with Crippen LogP contribution in [-0.2, 0) is 0 Å². The zero-order valence-electron chi connectivity index (χ0n) is 11.6. The highest BCUT2D eigenvalue weighted by atomic mass is 35.5. The molecular formula is C16H14Cl2N2OS. The molecule has 114 valence electrons. The molecule has 2 amide bonds. The molecule has 0 spiro atoms. The van der Waals surface area contributed by atoms with E-state index in [1.165, 1.54) is 0 Å². The van der Waals surface area contributed by atoms with Crippen LogP contribution in [-0.4, -0.2) is 23.2 Å². The van der Waals surface area contributed by atoms with Gasteiger partial charge in [-0.2, -0.15) is 0 Å². The number of hydrogen-bond donors (Lipinski definition) is 1. The van der Waals surface area contributed by atoms with E-state index in [1.54, 1.807) is 22.7 Å². The van der Waals surface area contributed by atoms with Crippen LogP contribution in [0.2, 0.25) is 10.0 Å². The van der Waals surface area contributed by atoms with Gasteiger partial charge in [0.1, 0.15) is 5.37 Å². The predicted molar refractivity (Wildman–Crippen MR) is 93.8 cm³/mol. The number of thioether (sulfide) groups is 1. The SMILES string of the molecule is O=C(Nc1ccccc1)N1CCS[C@H]1c1cccc(Cl)c1Cl. The molecule has 1 N–H and O–H groups in total. The van der Waals surface area contributed by atoms with Crippen LogP contribution in [0.3, 0.4) is 0 Å². The largest absolute Gasteiger partial charge is 0.323 e. The molecule has 2 aromatic carbocycles. The van der Waals surface area contributed by atoms with Gasteiger partial charge in [-0.1, -0.05) is 53.5 Å². The molecule has 0 unspecified atom stereocenters. The minimum absolute atomic E-state index is 0.116. The molecule has 3 rings (SSSR count). The molecule has 0 aliphatic carbocycles. The summed E-state index contributed by atoms with van der Waals surface area (Å²) in [5, 5.41) is 3.82. The number of nitrogens with one attached hydrogen (secondary N) is 1. The molecule has 1 aliphatic rings. The number of hydrogen-bond acceptors (Lipinski definition) is 2. The lowest BCUT2D eigenvalue weighted by Crippen LogP contribution is -2.34. The average Bonchev–Trinajstić information content (AvgIpc) is 3.00.